The minimum atomic E-state index is -1.93. The van der Waals surface area contributed by atoms with Crippen LogP contribution in [0.25, 0.3) is 0 Å². The number of carbonyl (C=O) groups excluding carboxylic acids is 15. The molecule has 0 saturated carbocycles. The van der Waals surface area contributed by atoms with Crippen molar-refractivity contribution in [1.29, 1.82) is 0 Å². The number of carboxylic acids is 2. The quantitative estimate of drug-likeness (QED) is 0.0126. The molecule has 1 saturated heterocycles. The number of aliphatic imine (C=N–C) groups is 2. The molecule has 0 unspecified atom stereocenters. The van der Waals surface area contributed by atoms with Gasteiger partial charge in [-0.1, -0.05) is 114 Å². The largest absolute Gasteiger partial charge is 0.481 e. The van der Waals surface area contributed by atoms with Crippen LogP contribution in [0.4, 0.5) is 0 Å². The Morgan fingerprint density at radius 1 is 0.570 bits per heavy atom. The summed E-state index contributed by atoms with van der Waals surface area (Å²) in [4.78, 5) is 242. The molecule has 1 heterocycles. The number of rotatable bonds is 39. The van der Waals surface area contributed by atoms with Gasteiger partial charge in [0.25, 0.3) is 0 Å². The number of aliphatic carboxylic acids is 2. The summed E-state index contributed by atoms with van der Waals surface area (Å²) in [6.07, 6.45) is -2.51. The molecule has 2 rings (SSSR count). The summed E-state index contributed by atoms with van der Waals surface area (Å²) in [6, 6.07) is -13.0. The van der Waals surface area contributed by atoms with E-state index in [0.29, 0.717) is 27.2 Å². The SMILES string of the molecule is CC[C@H](C)[C@H](NC(=O)[C@H](CCCN=C(N)N)NC(=O)[C@@H](N)CC(C)C)C(=O)N[C@H](C(=O)N[C@@H](CCC(N)=O)C(=O)N[C@H]1CSSC[C@@H](C(=O)NCC(=O)N[C@@H](Cc2ccccc2)C(=O)O)NC(=O)[C@H](CO)NC(=O)CNC(=O)[C@H](CCC(=O)O)NC(=O)[C@H](C(C)C)NC(=O)[C@H](CO)NC(=O)[C@H](CCCN=C(N)N)NC1=O)C(C)C. The lowest BCUT2D eigenvalue weighted by Crippen LogP contribution is -2.62. The summed E-state index contributed by atoms with van der Waals surface area (Å²) < 4.78 is 0. The number of nitrogens with one attached hydrogen (secondary N) is 14. The summed E-state index contributed by atoms with van der Waals surface area (Å²) in [5.74, 6) is -23.1. The highest BCUT2D eigenvalue weighted by molar-refractivity contribution is 8.76. The van der Waals surface area contributed by atoms with Crippen LogP contribution in [0.3, 0.4) is 0 Å². The third kappa shape index (κ3) is 37.8. The van der Waals surface area contributed by atoms with Gasteiger partial charge >= 0.3 is 11.9 Å². The first-order valence-electron chi connectivity index (χ1n) is 36.9. The minimum absolute atomic E-state index is 0.00145. The molecule has 30 N–H and O–H groups in total. The molecule has 1 aliphatic heterocycles. The highest BCUT2D eigenvalue weighted by Crippen LogP contribution is 2.24. The second-order valence-corrected chi connectivity index (χ2v) is 30.5. The summed E-state index contributed by atoms with van der Waals surface area (Å²) >= 11 is 0. The first kappa shape index (κ1) is 99.4. The molecule has 638 valence electrons. The fourth-order valence-electron chi connectivity index (χ4n) is 10.8. The van der Waals surface area contributed by atoms with Gasteiger partial charge in [-0.25, -0.2) is 4.79 Å². The van der Waals surface area contributed by atoms with E-state index in [0.717, 1.165) is 0 Å². The van der Waals surface area contributed by atoms with Gasteiger partial charge in [0.15, 0.2) is 11.9 Å². The molecule has 15 amide bonds. The average molecular weight is 1650 g/mol. The van der Waals surface area contributed by atoms with Gasteiger partial charge in [-0.15, -0.1) is 0 Å². The number of hydrogen-bond donors (Lipinski definition) is 24. The van der Waals surface area contributed by atoms with Crippen molar-refractivity contribution in [3.8, 4) is 0 Å². The zero-order chi connectivity index (χ0) is 86.1. The number of primary amides is 1. The number of aliphatic hydroxyl groups is 2. The van der Waals surface area contributed by atoms with Crippen molar-refractivity contribution in [3.05, 3.63) is 35.9 Å². The lowest BCUT2D eigenvalue weighted by atomic mass is 9.95. The summed E-state index contributed by atoms with van der Waals surface area (Å²) in [7, 11) is 1.38. The average Bonchev–Trinajstić information content (AvgIpc) is 0.847. The number of amides is 15. The Morgan fingerprint density at radius 3 is 1.68 bits per heavy atom. The number of guanidine groups is 2. The Morgan fingerprint density at radius 2 is 1.11 bits per heavy atom. The molecule has 14 atom stereocenters. The maximum Gasteiger partial charge on any atom is 0.326 e. The normalized spacial score (nSPS) is 20.3. The Balaban J connectivity index is 2.91. The molecular formula is C69H114N22O21S2. The van der Waals surface area contributed by atoms with Crippen molar-refractivity contribution in [2.75, 3.05) is 50.9 Å². The number of carbonyl (C=O) groups is 17. The lowest BCUT2D eigenvalue weighted by molar-refractivity contribution is -0.141. The van der Waals surface area contributed by atoms with Gasteiger partial charge in [0, 0.05) is 43.9 Å². The molecule has 0 bridgehead atoms. The maximum atomic E-state index is 15.0. The van der Waals surface area contributed by atoms with Crippen molar-refractivity contribution in [1.82, 2.24) is 74.4 Å². The van der Waals surface area contributed by atoms with Gasteiger partial charge in [0.05, 0.1) is 32.3 Å². The van der Waals surface area contributed by atoms with Gasteiger partial charge in [-0.05, 0) is 74.2 Å². The first-order chi connectivity index (χ1) is 53.6. The van der Waals surface area contributed by atoms with E-state index in [4.69, 9.17) is 34.4 Å². The molecule has 1 aromatic rings. The van der Waals surface area contributed by atoms with E-state index >= 15 is 4.79 Å². The van der Waals surface area contributed by atoms with Crippen LogP contribution < -0.4 is 109 Å². The first-order valence-corrected chi connectivity index (χ1v) is 39.4. The van der Waals surface area contributed by atoms with Gasteiger partial charge in [-0.3, -0.25) is 86.7 Å². The Hall–Kier alpha value is -10.7. The minimum Gasteiger partial charge on any atom is -0.481 e. The topological polar surface area (TPSA) is 720 Å². The van der Waals surface area contributed by atoms with Gasteiger partial charge in [0.1, 0.15) is 72.5 Å². The monoisotopic (exact) mass is 1650 g/mol. The Kier molecular flexibility index (Phi) is 45.2. The van der Waals surface area contributed by atoms with E-state index < -0.39 is 260 Å². The molecule has 0 aliphatic carbocycles. The number of nitrogens with zero attached hydrogens (tertiary/aromatic N) is 2. The molecular weight excluding hydrogens is 1540 g/mol. The zero-order valence-electron chi connectivity index (χ0n) is 65.0. The smallest absolute Gasteiger partial charge is 0.326 e. The molecule has 0 aromatic heterocycles. The van der Waals surface area contributed by atoms with Crippen molar-refractivity contribution >= 4 is 134 Å². The Labute approximate surface area is 667 Å². The fourth-order valence-corrected chi connectivity index (χ4v) is 13.1. The van der Waals surface area contributed by atoms with E-state index in [2.05, 4.69) is 84.4 Å². The standard InChI is InChI=1S/C69H114N22O21S2/c1-9-36(8)54(91-60(104)40(18-14-24-77-69(74)75)82-55(99)38(70)25-33(2)3)66(110)90-53(35(6)7)65(109)85-42(19-21-48(71)94)59(103)88-47-32-114-113-31-46(57(101)79-27-49(95)80-43(67(111)112)26-37-15-11-10-12-16-37)87-61(105)44(29-92)81-50(96)28-78-56(100)41(20-22-51(97)98)84-64(108)52(34(4)5)89-62(106)45(30-93)86-58(102)39(83-63(47)107)17-13-23-76-68(72)73/h10-12,15-16,33-36,38-47,52-54,92-93H,9,13-14,17-32,70H2,1-8H3,(H2,71,94)(H,78,100)(H,79,101)(H,80,95)(H,81,96)(H,82,99)(H,83,107)(H,84,108)(H,85,109)(H,86,102)(H,87,105)(H,88,103)(H,89,106)(H,90,110)(H,91,104)(H,97,98)(H,111,112)(H4,72,73,76)(H4,74,75,77)/t36-,38-,39-,40-,41-,42-,43-,44-,45-,46-,47-,52-,53-,54-/m0/s1. The summed E-state index contributed by atoms with van der Waals surface area (Å²) in [5, 5.41) is 74.3. The third-order valence-corrected chi connectivity index (χ3v) is 19.8. The van der Waals surface area contributed by atoms with E-state index in [1.165, 1.54) is 27.7 Å². The van der Waals surface area contributed by atoms with E-state index in [1.807, 2.05) is 13.8 Å². The molecule has 1 fully saturated rings. The third-order valence-electron chi connectivity index (χ3n) is 17.3. The van der Waals surface area contributed by atoms with E-state index in [9.17, 15) is 97.1 Å². The predicted molar refractivity (Wildman–Crippen MR) is 418 cm³/mol. The molecule has 114 heavy (non-hydrogen) atoms. The van der Waals surface area contributed by atoms with Crippen LogP contribution in [-0.4, -0.2) is 262 Å². The molecule has 1 aliphatic rings. The van der Waals surface area contributed by atoms with Crippen LogP contribution in [0, 0.1) is 23.7 Å². The maximum absolute atomic E-state index is 15.0. The summed E-state index contributed by atoms with van der Waals surface area (Å²) in [6.45, 7) is 8.58. The van der Waals surface area contributed by atoms with Crippen molar-refractivity contribution < 1.29 is 102 Å². The van der Waals surface area contributed by atoms with Crippen molar-refractivity contribution in [3.63, 3.8) is 0 Å². The Bertz CT molecular complexity index is 3520. The summed E-state index contributed by atoms with van der Waals surface area (Å²) in [5.41, 5.74) is 34.4. The fraction of sp³-hybridized carbons (Fsp3) is 0.638. The number of aliphatic hydroxyl groups excluding tert-OH is 2. The van der Waals surface area contributed by atoms with Crippen LogP contribution in [0.15, 0.2) is 40.3 Å². The molecule has 1 aromatic carbocycles. The van der Waals surface area contributed by atoms with Crippen LogP contribution in [-0.2, 0) is 87.9 Å². The molecule has 0 radical (unpaired) electrons. The van der Waals surface area contributed by atoms with E-state index in [1.54, 1.807) is 44.2 Å². The van der Waals surface area contributed by atoms with Gasteiger partial charge in [-0.2, -0.15) is 0 Å². The number of hydrogen-bond acceptors (Lipinski definition) is 24. The van der Waals surface area contributed by atoms with E-state index in [-0.39, 0.29) is 75.9 Å². The van der Waals surface area contributed by atoms with Crippen LogP contribution in [0.5, 0.6) is 0 Å². The number of benzene rings is 1. The van der Waals surface area contributed by atoms with Crippen LogP contribution in [0.2, 0.25) is 0 Å². The highest BCUT2D eigenvalue weighted by Gasteiger charge is 2.39. The van der Waals surface area contributed by atoms with Crippen molar-refractivity contribution in [2.24, 2.45) is 68.1 Å². The molecule has 45 heteroatoms. The van der Waals surface area contributed by atoms with Crippen LogP contribution in [0.1, 0.15) is 125 Å². The zero-order valence-corrected chi connectivity index (χ0v) is 66.7. The van der Waals surface area contributed by atoms with Crippen molar-refractivity contribution in [2.45, 2.75) is 205 Å². The highest BCUT2D eigenvalue weighted by atomic mass is 33.1. The molecule has 43 nitrogen and oxygen atoms in total. The number of nitrogens with two attached hydrogens (primary N) is 6. The lowest BCUT2D eigenvalue weighted by Gasteiger charge is -2.30. The second kappa shape index (κ2) is 51.9. The molecule has 0 spiro atoms. The van der Waals surface area contributed by atoms with Crippen LogP contribution >= 0.6 is 21.6 Å². The number of carboxylic acid groups (broad SMARTS) is 2. The van der Waals surface area contributed by atoms with Gasteiger partial charge in [0.2, 0.25) is 88.6 Å². The second-order valence-electron chi connectivity index (χ2n) is 28.0. The van der Waals surface area contributed by atoms with Gasteiger partial charge < -0.3 is 129 Å². The predicted octanol–water partition coefficient (Wildman–Crippen LogP) is -8.29.